The Morgan fingerprint density at radius 1 is 1.16 bits per heavy atom. The molecule has 6 nitrogen and oxygen atoms in total. The van der Waals surface area contributed by atoms with Gasteiger partial charge in [0.1, 0.15) is 11.3 Å². The van der Waals surface area contributed by atoms with Crippen LogP contribution in [0.5, 0.6) is 5.75 Å². The maximum Gasteiger partial charge on any atom is 0.297 e. The number of thiazole rings is 1. The number of aromatic nitrogens is 1. The molecule has 2 aromatic carbocycles. The van der Waals surface area contributed by atoms with Gasteiger partial charge in [0.15, 0.2) is 10.6 Å². The van der Waals surface area contributed by atoms with E-state index in [1.807, 2.05) is 38.1 Å². The fourth-order valence-electron chi connectivity index (χ4n) is 3.79. The zero-order chi connectivity index (χ0) is 21.7. The first-order chi connectivity index (χ1) is 14.9. The van der Waals surface area contributed by atoms with Crippen LogP contribution in [-0.2, 0) is 0 Å². The Bertz CT molecular complexity index is 1350. The van der Waals surface area contributed by atoms with Crippen LogP contribution in [0.2, 0.25) is 0 Å². The standard InChI is InChI=1S/C23H17BrN2O4S/c1-12(2)29-15-6-3-13(4-7-15)19-18-20(27)16-11-14(24)5-8-17(16)30-21(18)22(28)26(19)23-25-9-10-31-23/h3-12,19H,1-2H3/t19-/m0/s1. The molecule has 5 rings (SSSR count). The number of hydrogen-bond acceptors (Lipinski definition) is 6. The molecule has 1 amide bonds. The van der Waals surface area contributed by atoms with Crippen LogP contribution in [0.25, 0.3) is 11.0 Å². The molecule has 1 aliphatic rings. The van der Waals surface area contributed by atoms with Crippen molar-refractivity contribution in [1.29, 1.82) is 0 Å². The second-order valence-electron chi connectivity index (χ2n) is 7.44. The van der Waals surface area contributed by atoms with Crippen molar-refractivity contribution in [3.05, 3.63) is 85.6 Å². The summed E-state index contributed by atoms with van der Waals surface area (Å²) in [7, 11) is 0. The molecule has 0 N–H and O–H groups in total. The molecule has 4 aromatic rings. The first-order valence-corrected chi connectivity index (χ1v) is 11.4. The lowest BCUT2D eigenvalue weighted by Crippen LogP contribution is -2.29. The maximum absolute atomic E-state index is 13.5. The van der Waals surface area contributed by atoms with Gasteiger partial charge in [-0.15, -0.1) is 11.3 Å². The fourth-order valence-corrected chi connectivity index (χ4v) is 4.82. The number of rotatable bonds is 4. The molecule has 1 aliphatic heterocycles. The topological polar surface area (TPSA) is 72.6 Å². The second kappa shape index (κ2) is 7.62. The van der Waals surface area contributed by atoms with Crippen molar-refractivity contribution in [3.8, 4) is 5.75 Å². The van der Waals surface area contributed by atoms with Crippen LogP contribution in [0.4, 0.5) is 5.13 Å². The largest absolute Gasteiger partial charge is 0.491 e. The number of nitrogens with zero attached hydrogens (tertiary/aromatic N) is 2. The molecule has 0 saturated heterocycles. The third-order valence-electron chi connectivity index (χ3n) is 5.03. The number of carbonyl (C=O) groups excluding carboxylic acids is 1. The lowest BCUT2D eigenvalue weighted by Gasteiger charge is -2.22. The lowest BCUT2D eigenvalue weighted by atomic mass is 9.98. The molecule has 31 heavy (non-hydrogen) atoms. The van der Waals surface area contributed by atoms with Crippen LogP contribution in [0.3, 0.4) is 0 Å². The van der Waals surface area contributed by atoms with Gasteiger partial charge in [-0.05, 0) is 49.7 Å². The summed E-state index contributed by atoms with van der Waals surface area (Å²) in [5.41, 5.74) is 1.25. The van der Waals surface area contributed by atoms with Crippen LogP contribution in [-0.4, -0.2) is 17.0 Å². The molecule has 1 atom stereocenters. The molecule has 3 heterocycles. The summed E-state index contributed by atoms with van der Waals surface area (Å²) in [4.78, 5) is 32.8. The normalized spacial score (nSPS) is 15.7. The fraction of sp³-hybridized carbons (Fsp3) is 0.174. The van der Waals surface area contributed by atoms with Gasteiger partial charge in [0, 0.05) is 16.0 Å². The first-order valence-electron chi connectivity index (χ1n) is 9.70. The van der Waals surface area contributed by atoms with Crippen LogP contribution in [0.15, 0.2) is 67.7 Å². The van der Waals surface area contributed by atoms with E-state index in [-0.39, 0.29) is 23.2 Å². The van der Waals surface area contributed by atoms with Crippen LogP contribution in [0.1, 0.15) is 41.6 Å². The molecule has 0 saturated carbocycles. The SMILES string of the molecule is CC(C)Oc1ccc([C@H]2c3c(oc4ccc(Br)cc4c3=O)C(=O)N2c2nccs2)cc1. The van der Waals surface area contributed by atoms with Crippen molar-refractivity contribution >= 4 is 49.3 Å². The van der Waals surface area contributed by atoms with E-state index in [4.69, 9.17) is 9.15 Å². The molecule has 0 unspecified atom stereocenters. The minimum Gasteiger partial charge on any atom is -0.491 e. The van der Waals surface area contributed by atoms with Crippen LogP contribution >= 0.6 is 27.3 Å². The highest BCUT2D eigenvalue weighted by Gasteiger charge is 2.44. The van der Waals surface area contributed by atoms with Gasteiger partial charge >= 0.3 is 0 Å². The van der Waals surface area contributed by atoms with Crippen LogP contribution < -0.4 is 15.1 Å². The average molecular weight is 497 g/mol. The van der Waals surface area contributed by atoms with Crippen molar-refractivity contribution < 1.29 is 13.9 Å². The van der Waals surface area contributed by atoms with Crippen LogP contribution in [0, 0.1) is 0 Å². The maximum atomic E-state index is 13.5. The highest BCUT2D eigenvalue weighted by Crippen LogP contribution is 2.42. The lowest BCUT2D eigenvalue weighted by molar-refractivity contribution is 0.0971. The Balaban J connectivity index is 1.73. The summed E-state index contributed by atoms with van der Waals surface area (Å²) in [6, 6.07) is 12.0. The van der Waals surface area contributed by atoms with Crippen molar-refractivity contribution in [2.24, 2.45) is 0 Å². The van der Waals surface area contributed by atoms with Gasteiger partial charge in [0.25, 0.3) is 5.91 Å². The number of fused-ring (bicyclic) bond motifs is 2. The summed E-state index contributed by atoms with van der Waals surface area (Å²) < 4.78 is 12.5. The molecule has 0 fully saturated rings. The number of ether oxygens (including phenoxy) is 1. The van der Waals surface area contributed by atoms with Gasteiger partial charge in [0.2, 0.25) is 5.76 Å². The summed E-state index contributed by atoms with van der Waals surface area (Å²) in [5, 5.41) is 2.73. The summed E-state index contributed by atoms with van der Waals surface area (Å²) in [6.45, 7) is 3.91. The first kappa shape index (κ1) is 20.0. The molecular formula is C23H17BrN2O4S. The molecular weight excluding hydrogens is 480 g/mol. The Labute approximate surface area is 190 Å². The monoisotopic (exact) mass is 496 g/mol. The highest BCUT2D eigenvalue weighted by atomic mass is 79.9. The molecule has 156 valence electrons. The summed E-state index contributed by atoms with van der Waals surface area (Å²) in [5.74, 6) is 0.403. The van der Waals surface area contributed by atoms with Gasteiger partial charge in [-0.3, -0.25) is 14.5 Å². The predicted octanol–water partition coefficient (Wildman–Crippen LogP) is 5.55. The van der Waals surface area contributed by atoms with E-state index in [0.29, 0.717) is 21.7 Å². The van der Waals surface area contributed by atoms with Crippen molar-refractivity contribution in [1.82, 2.24) is 4.98 Å². The van der Waals surface area contributed by atoms with E-state index >= 15 is 0 Å². The number of halogens is 1. The Morgan fingerprint density at radius 3 is 2.61 bits per heavy atom. The predicted molar refractivity (Wildman–Crippen MR) is 123 cm³/mol. The molecule has 0 aliphatic carbocycles. The third kappa shape index (κ3) is 3.36. The highest BCUT2D eigenvalue weighted by molar-refractivity contribution is 9.10. The second-order valence-corrected chi connectivity index (χ2v) is 9.23. The third-order valence-corrected chi connectivity index (χ3v) is 6.29. The van der Waals surface area contributed by atoms with Crippen molar-refractivity contribution in [3.63, 3.8) is 0 Å². The molecule has 0 spiro atoms. The van der Waals surface area contributed by atoms with Gasteiger partial charge in [-0.2, -0.15) is 0 Å². The Morgan fingerprint density at radius 2 is 1.94 bits per heavy atom. The van der Waals surface area contributed by atoms with Crippen molar-refractivity contribution in [2.45, 2.75) is 26.0 Å². The number of amides is 1. The number of anilines is 1. The average Bonchev–Trinajstić information content (AvgIpc) is 3.36. The van der Waals surface area contributed by atoms with E-state index in [2.05, 4.69) is 20.9 Å². The van der Waals surface area contributed by atoms with Gasteiger partial charge in [-0.25, -0.2) is 4.98 Å². The van der Waals surface area contributed by atoms with E-state index in [1.165, 1.54) is 16.2 Å². The smallest absolute Gasteiger partial charge is 0.297 e. The Kier molecular flexibility index (Phi) is 4.91. The van der Waals surface area contributed by atoms with Gasteiger partial charge in [-0.1, -0.05) is 28.1 Å². The van der Waals surface area contributed by atoms with E-state index < -0.39 is 6.04 Å². The zero-order valence-corrected chi connectivity index (χ0v) is 19.1. The summed E-state index contributed by atoms with van der Waals surface area (Å²) >= 11 is 4.75. The minimum atomic E-state index is -0.638. The molecule has 0 bridgehead atoms. The number of hydrogen-bond donors (Lipinski definition) is 0. The molecule has 8 heteroatoms. The molecule has 2 aromatic heterocycles. The van der Waals surface area contributed by atoms with Crippen molar-refractivity contribution in [2.75, 3.05) is 4.90 Å². The van der Waals surface area contributed by atoms with Gasteiger partial charge in [0.05, 0.1) is 23.1 Å². The van der Waals surface area contributed by atoms with E-state index in [0.717, 1.165) is 15.8 Å². The minimum absolute atomic E-state index is 0.0447. The van der Waals surface area contributed by atoms with Gasteiger partial charge < -0.3 is 9.15 Å². The van der Waals surface area contributed by atoms with E-state index in [9.17, 15) is 9.59 Å². The number of carbonyl (C=O) groups is 1. The Hall–Kier alpha value is -2.97. The number of benzene rings is 2. The zero-order valence-electron chi connectivity index (χ0n) is 16.7. The molecule has 0 radical (unpaired) electrons. The quantitative estimate of drug-likeness (QED) is 0.370. The summed E-state index contributed by atoms with van der Waals surface area (Å²) in [6.07, 6.45) is 1.68. The van der Waals surface area contributed by atoms with E-state index in [1.54, 1.807) is 29.8 Å².